The summed E-state index contributed by atoms with van der Waals surface area (Å²) in [6.07, 6.45) is 2.15. The van der Waals surface area contributed by atoms with Gasteiger partial charge in [-0.05, 0) is 66.6 Å². The number of aromatic amines is 1. The average Bonchev–Trinajstić information content (AvgIpc) is 3.44. The standard InChI is InChI=1S/C28H21FN4O3/c29-21-9-7-19(8-10-21)27(35)32(14-13-20-17-31-24-4-2-1-3-23(20)24)25-15-26(34)33(28(25)36)22-11-5-18(16-30)6-12-22/h1-12,17,25,31H,13-15H2. The first-order chi connectivity index (χ1) is 17.5. The number of nitrogens with zero attached hydrogens (tertiary/aromatic N) is 3. The van der Waals surface area contributed by atoms with Crippen molar-refractivity contribution in [2.24, 2.45) is 0 Å². The van der Waals surface area contributed by atoms with Gasteiger partial charge in [0.25, 0.3) is 11.8 Å². The van der Waals surface area contributed by atoms with E-state index in [1.807, 2.05) is 36.5 Å². The van der Waals surface area contributed by atoms with Crippen molar-refractivity contribution in [2.45, 2.75) is 18.9 Å². The Hall–Kier alpha value is -4.77. The van der Waals surface area contributed by atoms with Crippen molar-refractivity contribution in [1.29, 1.82) is 5.26 Å². The van der Waals surface area contributed by atoms with Gasteiger partial charge in [-0.15, -0.1) is 0 Å². The van der Waals surface area contributed by atoms with E-state index in [1.165, 1.54) is 53.4 Å². The number of rotatable bonds is 6. The summed E-state index contributed by atoms with van der Waals surface area (Å²) < 4.78 is 13.5. The van der Waals surface area contributed by atoms with Gasteiger partial charge < -0.3 is 9.88 Å². The molecule has 1 aliphatic rings. The van der Waals surface area contributed by atoms with Gasteiger partial charge in [-0.3, -0.25) is 14.4 Å². The lowest BCUT2D eigenvalue weighted by Crippen LogP contribution is -2.46. The van der Waals surface area contributed by atoms with Crippen LogP contribution < -0.4 is 4.90 Å². The van der Waals surface area contributed by atoms with Crippen LogP contribution in [0.4, 0.5) is 10.1 Å². The van der Waals surface area contributed by atoms with E-state index in [0.717, 1.165) is 21.4 Å². The van der Waals surface area contributed by atoms with Crippen LogP contribution in [0.2, 0.25) is 0 Å². The lowest BCUT2D eigenvalue weighted by molar-refractivity contribution is -0.122. The molecule has 1 aliphatic heterocycles. The summed E-state index contributed by atoms with van der Waals surface area (Å²) in [4.78, 5) is 45.6. The minimum Gasteiger partial charge on any atom is -0.361 e. The summed E-state index contributed by atoms with van der Waals surface area (Å²) in [6, 6.07) is 20.0. The number of halogens is 1. The molecule has 1 aromatic heterocycles. The Morgan fingerprint density at radius 3 is 2.50 bits per heavy atom. The van der Waals surface area contributed by atoms with Gasteiger partial charge in [0.2, 0.25) is 5.91 Å². The minimum absolute atomic E-state index is 0.167. The van der Waals surface area contributed by atoms with E-state index in [4.69, 9.17) is 5.26 Å². The first-order valence-corrected chi connectivity index (χ1v) is 11.4. The molecule has 3 aromatic carbocycles. The maximum Gasteiger partial charge on any atom is 0.257 e. The molecule has 1 atom stereocenters. The minimum atomic E-state index is -1.00. The Labute approximate surface area is 206 Å². The van der Waals surface area contributed by atoms with Gasteiger partial charge in [0, 0.05) is 29.2 Å². The lowest BCUT2D eigenvalue weighted by atomic mass is 10.1. The van der Waals surface area contributed by atoms with Gasteiger partial charge in [-0.1, -0.05) is 18.2 Å². The molecular weight excluding hydrogens is 459 g/mol. The van der Waals surface area contributed by atoms with Gasteiger partial charge in [0.1, 0.15) is 11.9 Å². The third-order valence-corrected chi connectivity index (χ3v) is 6.40. The molecule has 8 heteroatoms. The quantitative estimate of drug-likeness (QED) is 0.419. The van der Waals surface area contributed by atoms with E-state index in [0.29, 0.717) is 17.7 Å². The molecule has 4 aromatic rings. The molecule has 3 amide bonds. The summed E-state index contributed by atoms with van der Waals surface area (Å²) in [5.41, 5.74) is 2.91. The molecule has 1 saturated heterocycles. The van der Waals surface area contributed by atoms with Crippen molar-refractivity contribution in [1.82, 2.24) is 9.88 Å². The predicted molar refractivity (Wildman–Crippen MR) is 131 cm³/mol. The number of hydrogen-bond acceptors (Lipinski definition) is 4. The highest BCUT2D eigenvalue weighted by atomic mass is 19.1. The Morgan fingerprint density at radius 2 is 1.78 bits per heavy atom. The molecule has 5 rings (SSSR count). The predicted octanol–water partition coefficient (Wildman–Crippen LogP) is 4.20. The molecule has 7 nitrogen and oxygen atoms in total. The van der Waals surface area contributed by atoms with Crippen LogP contribution in [-0.2, 0) is 16.0 Å². The number of para-hydroxylation sites is 1. The number of nitrogens with one attached hydrogen (secondary N) is 1. The summed E-state index contributed by atoms with van der Waals surface area (Å²) in [7, 11) is 0. The monoisotopic (exact) mass is 480 g/mol. The number of nitriles is 1. The van der Waals surface area contributed by atoms with E-state index in [9.17, 15) is 18.8 Å². The number of carbonyl (C=O) groups is 3. The molecule has 1 unspecified atom stereocenters. The molecule has 1 N–H and O–H groups in total. The number of carbonyl (C=O) groups excluding carboxylic acids is 3. The molecule has 2 heterocycles. The second kappa shape index (κ2) is 9.47. The zero-order chi connectivity index (χ0) is 25.2. The summed E-state index contributed by atoms with van der Waals surface area (Å²) in [5.74, 6) is -1.88. The largest absolute Gasteiger partial charge is 0.361 e. The third kappa shape index (κ3) is 4.23. The Kier molecular flexibility index (Phi) is 6.05. The van der Waals surface area contributed by atoms with Crippen LogP contribution in [0.15, 0.2) is 79.0 Å². The smallest absolute Gasteiger partial charge is 0.257 e. The second-order valence-electron chi connectivity index (χ2n) is 8.56. The van der Waals surface area contributed by atoms with Crippen LogP contribution in [0.1, 0.15) is 27.9 Å². The van der Waals surface area contributed by atoms with Crippen molar-refractivity contribution in [2.75, 3.05) is 11.4 Å². The average molecular weight is 480 g/mol. The van der Waals surface area contributed by atoms with Gasteiger partial charge in [0.15, 0.2) is 0 Å². The van der Waals surface area contributed by atoms with Gasteiger partial charge in [0.05, 0.1) is 23.7 Å². The normalized spacial score (nSPS) is 15.3. The number of fused-ring (bicyclic) bond motifs is 1. The Bertz CT molecular complexity index is 1500. The fourth-order valence-electron chi connectivity index (χ4n) is 4.55. The summed E-state index contributed by atoms with van der Waals surface area (Å²) in [5, 5.41) is 10.0. The number of benzene rings is 3. The molecular formula is C28H21FN4O3. The van der Waals surface area contributed by atoms with E-state index in [2.05, 4.69) is 4.98 Å². The fraction of sp³-hybridized carbons (Fsp3) is 0.143. The summed E-state index contributed by atoms with van der Waals surface area (Å²) >= 11 is 0. The lowest BCUT2D eigenvalue weighted by Gasteiger charge is -2.28. The van der Waals surface area contributed by atoms with Crippen molar-refractivity contribution < 1.29 is 18.8 Å². The van der Waals surface area contributed by atoms with E-state index < -0.39 is 29.6 Å². The third-order valence-electron chi connectivity index (χ3n) is 6.40. The van der Waals surface area contributed by atoms with E-state index >= 15 is 0 Å². The SMILES string of the molecule is N#Cc1ccc(N2C(=O)CC(N(CCc3c[nH]c4ccccc34)C(=O)c3ccc(F)cc3)C2=O)cc1. The van der Waals surface area contributed by atoms with Gasteiger partial charge in [-0.2, -0.15) is 5.26 Å². The van der Waals surface area contributed by atoms with Crippen molar-refractivity contribution in [3.63, 3.8) is 0 Å². The summed E-state index contributed by atoms with van der Waals surface area (Å²) in [6.45, 7) is 0.183. The number of imide groups is 1. The number of amides is 3. The molecule has 36 heavy (non-hydrogen) atoms. The van der Waals surface area contributed by atoms with Crippen molar-refractivity contribution in [3.8, 4) is 6.07 Å². The number of aromatic nitrogens is 1. The fourth-order valence-corrected chi connectivity index (χ4v) is 4.55. The van der Waals surface area contributed by atoms with Gasteiger partial charge in [-0.25, -0.2) is 9.29 Å². The van der Waals surface area contributed by atoms with Crippen molar-refractivity contribution >= 4 is 34.3 Å². The van der Waals surface area contributed by atoms with Crippen LogP contribution in [0.5, 0.6) is 0 Å². The number of H-pyrrole nitrogens is 1. The van der Waals surface area contributed by atoms with Crippen molar-refractivity contribution in [3.05, 3.63) is 102 Å². The Balaban J connectivity index is 1.45. The molecule has 178 valence electrons. The van der Waals surface area contributed by atoms with Crippen LogP contribution in [0.25, 0.3) is 10.9 Å². The molecule has 1 fully saturated rings. The van der Waals surface area contributed by atoms with Crippen LogP contribution in [0.3, 0.4) is 0 Å². The molecule has 0 radical (unpaired) electrons. The topological polar surface area (TPSA) is 97.3 Å². The Morgan fingerprint density at radius 1 is 1.06 bits per heavy atom. The molecule has 0 bridgehead atoms. The zero-order valence-corrected chi connectivity index (χ0v) is 19.1. The van der Waals surface area contributed by atoms with Crippen LogP contribution in [-0.4, -0.2) is 40.2 Å². The molecule has 0 aliphatic carbocycles. The maximum atomic E-state index is 13.5. The number of anilines is 1. The highest BCUT2D eigenvalue weighted by Crippen LogP contribution is 2.28. The highest BCUT2D eigenvalue weighted by molar-refractivity contribution is 6.23. The molecule has 0 saturated carbocycles. The van der Waals surface area contributed by atoms with Crippen LogP contribution >= 0.6 is 0 Å². The first kappa shape index (κ1) is 23.0. The number of hydrogen-bond donors (Lipinski definition) is 1. The second-order valence-corrected chi connectivity index (χ2v) is 8.56. The van der Waals surface area contributed by atoms with Gasteiger partial charge >= 0.3 is 0 Å². The van der Waals surface area contributed by atoms with Crippen LogP contribution in [0, 0.1) is 17.1 Å². The first-order valence-electron chi connectivity index (χ1n) is 11.4. The van der Waals surface area contributed by atoms with E-state index in [-0.39, 0.29) is 18.5 Å². The van der Waals surface area contributed by atoms with E-state index in [1.54, 1.807) is 0 Å². The highest BCUT2D eigenvalue weighted by Gasteiger charge is 2.44. The molecule has 0 spiro atoms. The maximum absolute atomic E-state index is 13.5. The zero-order valence-electron chi connectivity index (χ0n) is 19.1.